The van der Waals surface area contributed by atoms with E-state index in [9.17, 15) is 14.7 Å². The average Bonchev–Trinajstić information content (AvgIpc) is 2.59. The first kappa shape index (κ1) is 11.1. The van der Waals surface area contributed by atoms with Gasteiger partial charge >= 0.3 is 5.69 Å². The summed E-state index contributed by atoms with van der Waals surface area (Å²) in [6.45, 7) is -0.310. The van der Waals surface area contributed by atoms with Gasteiger partial charge in [0.15, 0.2) is 0 Å². The number of hydrogen-bond donors (Lipinski definition) is 3. The van der Waals surface area contributed by atoms with Crippen molar-refractivity contribution in [2.45, 2.75) is 24.9 Å². The van der Waals surface area contributed by atoms with Crippen LogP contribution in [0.3, 0.4) is 0 Å². The first-order valence-corrected chi connectivity index (χ1v) is 4.87. The highest BCUT2D eigenvalue weighted by molar-refractivity contribution is 4.88. The molecule has 1 unspecified atom stereocenters. The minimum atomic E-state index is -0.811. The lowest BCUT2D eigenvalue weighted by Gasteiger charge is -2.13. The second-order valence-corrected chi connectivity index (χ2v) is 3.63. The van der Waals surface area contributed by atoms with Crippen LogP contribution in [0.2, 0.25) is 0 Å². The topological polar surface area (TPSA) is 105 Å². The van der Waals surface area contributed by atoms with Gasteiger partial charge in [0.1, 0.15) is 12.3 Å². The van der Waals surface area contributed by atoms with Crippen LogP contribution < -0.4 is 11.2 Å². The summed E-state index contributed by atoms with van der Waals surface area (Å²) in [4.78, 5) is 24.3. The number of ether oxygens (including phenoxy) is 1. The van der Waals surface area contributed by atoms with E-state index >= 15 is 0 Å². The van der Waals surface area contributed by atoms with Gasteiger partial charge in [0.05, 0.1) is 12.7 Å². The van der Waals surface area contributed by atoms with Crippen molar-refractivity contribution in [3.05, 3.63) is 33.1 Å². The van der Waals surface area contributed by atoms with Crippen LogP contribution in [-0.4, -0.2) is 38.6 Å². The Labute approximate surface area is 89.9 Å². The molecule has 1 aromatic heterocycles. The SMILES string of the molecule is O=c1ccn([C@@H]2CC(O)[C@H](CO)O2)c(=O)[nH]1. The number of aromatic amines is 1. The number of aliphatic hydroxyl groups excluding tert-OH is 2. The van der Waals surface area contributed by atoms with E-state index in [0.29, 0.717) is 0 Å². The second kappa shape index (κ2) is 4.20. The van der Waals surface area contributed by atoms with Crippen molar-refractivity contribution < 1.29 is 14.9 Å². The van der Waals surface area contributed by atoms with Crippen LogP contribution in [-0.2, 0) is 4.74 Å². The van der Waals surface area contributed by atoms with E-state index in [2.05, 4.69) is 4.98 Å². The summed E-state index contributed by atoms with van der Waals surface area (Å²) >= 11 is 0. The normalized spacial score (nSPS) is 29.5. The minimum Gasteiger partial charge on any atom is -0.394 e. The smallest absolute Gasteiger partial charge is 0.330 e. The maximum atomic E-state index is 11.4. The molecule has 0 spiro atoms. The molecule has 7 heteroatoms. The summed E-state index contributed by atoms with van der Waals surface area (Å²) < 4.78 is 6.45. The summed E-state index contributed by atoms with van der Waals surface area (Å²) in [5, 5.41) is 18.4. The van der Waals surface area contributed by atoms with Gasteiger partial charge in [-0.15, -0.1) is 0 Å². The number of H-pyrrole nitrogens is 1. The third-order valence-electron chi connectivity index (χ3n) is 2.55. The van der Waals surface area contributed by atoms with E-state index in [0.717, 1.165) is 0 Å². The zero-order valence-corrected chi connectivity index (χ0v) is 8.37. The lowest BCUT2D eigenvalue weighted by Crippen LogP contribution is -2.31. The average molecular weight is 228 g/mol. The van der Waals surface area contributed by atoms with E-state index in [4.69, 9.17) is 9.84 Å². The molecule has 1 aliphatic heterocycles. The van der Waals surface area contributed by atoms with Gasteiger partial charge < -0.3 is 14.9 Å². The molecule has 0 aromatic carbocycles. The minimum absolute atomic E-state index is 0.206. The Morgan fingerprint density at radius 3 is 2.88 bits per heavy atom. The predicted octanol–water partition coefficient (Wildman–Crippen LogP) is -1.82. The Kier molecular flexibility index (Phi) is 2.90. The van der Waals surface area contributed by atoms with Crippen LogP contribution >= 0.6 is 0 Å². The molecular formula is C9H12N2O5. The fraction of sp³-hybridized carbons (Fsp3) is 0.556. The Bertz CT molecular complexity index is 479. The summed E-state index contributed by atoms with van der Waals surface area (Å²) in [6, 6.07) is 1.20. The van der Waals surface area contributed by atoms with E-state index in [1.54, 1.807) is 0 Å². The molecule has 3 N–H and O–H groups in total. The Hall–Kier alpha value is -1.44. The van der Waals surface area contributed by atoms with Crippen molar-refractivity contribution in [3.8, 4) is 0 Å². The molecule has 1 saturated heterocycles. The molecule has 0 aliphatic carbocycles. The molecule has 1 fully saturated rings. The maximum absolute atomic E-state index is 11.4. The Morgan fingerprint density at radius 2 is 2.31 bits per heavy atom. The summed E-state index contributed by atoms with van der Waals surface area (Å²) in [5.74, 6) is 0. The van der Waals surface area contributed by atoms with E-state index in [-0.39, 0.29) is 13.0 Å². The zero-order valence-electron chi connectivity index (χ0n) is 8.37. The van der Waals surface area contributed by atoms with Crippen LogP contribution in [0, 0.1) is 0 Å². The lowest BCUT2D eigenvalue weighted by molar-refractivity contribution is -0.0459. The number of nitrogens with zero attached hydrogens (tertiary/aromatic N) is 1. The second-order valence-electron chi connectivity index (χ2n) is 3.63. The molecular weight excluding hydrogens is 216 g/mol. The molecule has 1 aliphatic rings. The van der Waals surface area contributed by atoms with Gasteiger partial charge in [-0.2, -0.15) is 0 Å². The van der Waals surface area contributed by atoms with Crippen LogP contribution in [0.5, 0.6) is 0 Å². The number of aliphatic hydroxyl groups is 2. The summed E-state index contributed by atoms with van der Waals surface area (Å²) in [5.41, 5.74) is -1.08. The van der Waals surface area contributed by atoms with Crippen molar-refractivity contribution in [1.82, 2.24) is 9.55 Å². The van der Waals surface area contributed by atoms with Gasteiger partial charge in [-0.1, -0.05) is 0 Å². The molecule has 3 atom stereocenters. The molecule has 2 rings (SSSR count). The monoisotopic (exact) mass is 228 g/mol. The van der Waals surface area contributed by atoms with Gasteiger partial charge in [-0.25, -0.2) is 4.79 Å². The number of hydrogen-bond acceptors (Lipinski definition) is 5. The molecule has 7 nitrogen and oxygen atoms in total. The Balaban J connectivity index is 2.27. The summed E-state index contributed by atoms with van der Waals surface area (Å²) in [6.07, 6.45) is -0.649. The number of aromatic nitrogens is 2. The van der Waals surface area contributed by atoms with Gasteiger partial charge in [0.2, 0.25) is 0 Å². The first-order chi connectivity index (χ1) is 7.61. The predicted molar refractivity (Wildman–Crippen MR) is 52.9 cm³/mol. The van der Waals surface area contributed by atoms with E-state index in [1.807, 2.05) is 0 Å². The number of nitrogens with one attached hydrogen (secondary N) is 1. The van der Waals surface area contributed by atoms with Crippen LogP contribution in [0.4, 0.5) is 0 Å². The van der Waals surface area contributed by atoms with Gasteiger partial charge in [-0.3, -0.25) is 14.3 Å². The largest absolute Gasteiger partial charge is 0.394 e. The van der Waals surface area contributed by atoms with Crippen molar-refractivity contribution in [1.29, 1.82) is 0 Å². The quantitative estimate of drug-likeness (QED) is 0.552. The molecule has 1 aromatic rings. The number of rotatable bonds is 2. The van der Waals surface area contributed by atoms with Gasteiger partial charge in [-0.05, 0) is 0 Å². The molecule has 2 heterocycles. The van der Waals surface area contributed by atoms with E-state index in [1.165, 1.54) is 16.8 Å². The molecule has 0 amide bonds. The van der Waals surface area contributed by atoms with Crippen LogP contribution in [0.15, 0.2) is 21.9 Å². The lowest BCUT2D eigenvalue weighted by atomic mass is 10.2. The van der Waals surface area contributed by atoms with E-state index < -0.39 is 29.7 Å². The van der Waals surface area contributed by atoms with Gasteiger partial charge in [0, 0.05) is 18.7 Å². The fourth-order valence-corrected chi connectivity index (χ4v) is 1.70. The highest BCUT2D eigenvalue weighted by Gasteiger charge is 2.34. The highest BCUT2D eigenvalue weighted by atomic mass is 16.5. The standard InChI is InChI=1S/C9H12N2O5/c12-4-6-5(13)3-8(16-6)11-2-1-7(14)10-9(11)15/h1-2,5-6,8,12-13H,3-4H2,(H,10,14,15)/t5?,6-,8-/m0/s1. The molecule has 16 heavy (non-hydrogen) atoms. The van der Waals surface area contributed by atoms with Crippen molar-refractivity contribution in [3.63, 3.8) is 0 Å². The third-order valence-corrected chi connectivity index (χ3v) is 2.55. The molecule has 0 bridgehead atoms. The van der Waals surface area contributed by atoms with Crippen molar-refractivity contribution in [2.75, 3.05) is 6.61 Å². The van der Waals surface area contributed by atoms with Crippen molar-refractivity contribution >= 4 is 0 Å². The van der Waals surface area contributed by atoms with Crippen LogP contribution in [0.1, 0.15) is 12.6 Å². The highest BCUT2D eigenvalue weighted by Crippen LogP contribution is 2.26. The third kappa shape index (κ3) is 1.92. The molecule has 0 saturated carbocycles. The zero-order chi connectivity index (χ0) is 11.7. The molecule has 0 radical (unpaired) electrons. The summed E-state index contributed by atoms with van der Waals surface area (Å²) in [7, 11) is 0. The fourth-order valence-electron chi connectivity index (χ4n) is 1.70. The van der Waals surface area contributed by atoms with Crippen LogP contribution in [0.25, 0.3) is 0 Å². The molecule has 88 valence electrons. The van der Waals surface area contributed by atoms with Crippen molar-refractivity contribution in [2.24, 2.45) is 0 Å². The first-order valence-electron chi connectivity index (χ1n) is 4.87. The van der Waals surface area contributed by atoms with Gasteiger partial charge in [0.25, 0.3) is 5.56 Å². The Morgan fingerprint density at radius 1 is 1.56 bits per heavy atom. The maximum Gasteiger partial charge on any atom is 0.330 e.